The van der Waals surface area contributed by atoms with Crippen LogP contribution in [0.15, 0.2) is 90.1 Å². The molecular formula is C27H29N5O2S. The number of nitrogens with zero attached hydrogens (tertiary/aromatic N) is 2. The average molecular weight is 488 g/mol. The van der Waals surface area contributed by atoms with Gasteiger partial charge in [0.15, 0.2) is 0 Å². The van der Waals surface area contributed by atoms with Crippen molar-refractivity contribution in [2.45, 2.75) is 29.9 Å². The number of anilines is 1. The maximum Gasteiger partial charge on any atom is 0.232 e. The summed E-state index contributed by atoms with van der Waals surface area (Å²) in [7, 11) is 0. The molecule has 3 aromatic carbocycles. The van der Waals surface area contributed by atoms with Gasteiger partial charge in [0, 0.05) is 18.0 Å². The van der Waals surface area contributed by atoms with E-state index in [9.17, 15) is 9.90 Å². The first-order valence-electron chi connectivity index (χ1n) is 11.6. The summed E-state index contributed by atoms with van der Waals surface area (Å²) < 4.78 is 0. The smallest absolute Gasteiger partial charge is 0.232 e. The summed E-state index contributed by atoms with van der Waals surface area (Å²) in [5.74, 6) is 1.17. The number of H-pyrrole nitrogens is 1. The summed E-state index contributed by atoms with van der Waals surface area (Å²) in [6, 6.07) is 27.5. The van der Waals surface area contributed by atoms with Crippen LogP contribution in [0.5, 0.6) is 0 Å². The first-order chi connectivity index (χ1) is 17.2. The van der Waals surface area contributed by atoms with Crippen molar-refractivity contribution >= 4 is 23.4 Å². The molecule has 8 heteroatoms. The van der Waals surface area contributed by atoms with E-state index in [4.69, 9.17) is 0 Å². The number of carbonyl (C=O) groups is 1. The van der Waals surface area contributed by atoms with Crippen LogP contribution in [0.1, 0.15) is 28.6 Å². The van der Waals surface area contributed by atoms with Crippen LogP contribution in [0.4, 0.5) is 5.69 Å². The monoisotopic (exact) mass is 487 g/mol. The molecule has 0 aliphatic carbocycles. The van der Waals surface area contributed by atoms with Crippen molar-refractivity contribution in [2.75, 3.05) is 18.4 Å². The largest absolute Gasteiger partial charge is 0.387 e. The number of hydrogen-bond acceptors (Lipinski definition) is 6. The number of carbonyl (C=O) groups excluding carboxylic acids is 1. The summed E-state index contributed by atoms with van der Waals surface area (Å²) in [5.41, 5.74) is 4.00. The van der Waals surface area contributed by atoms with Crippen molar-refractivity contribution in [3.63, 3.8) is 0 Å². The predicted molar refractivity (Wildman–Crippen MR) is 139 cm³/mol. The molecule has 7 nitrogen and oxygen atoms in total. The Bertz CT molecular complexity index is 1180. The second-order valence-corrected chi connectivity index (χ2v) is 9.08. The fourth-order valence-electron chi connectivity index (χ4n) is 3.52. The Hall–Kier alpha value is -3.46. The molecule has 0 spiro atoms. The molecule has 180 valence electrons. The van der Waals surface area contributed by atoms with E-state index in [2.05, 4.69) is 37.9 Å². The van der Waals surface area contributed by atoms with Crippen molar-refractivity contribution in [3.05, 3.63) is 107 Å². The SMILES string of the molecule is O=C(Cc1nc(SCc2ccccc2)n[nH]1)Nc1ccc(CCNC[C@H](O)c2ccccc2)cc1. The van der Waals surface area contributed by atoms with Crippen molar-refractivity contribution in [1.82, 2.24) is 20.5 Å². The highest BCUT2D eigenvalue weighted by Gasteiger charge is 2.10. The van der Waals surface area contributed by atoms with Gasteiger partial charge in [-0.3, -0.25) is 9.89 Å². The topological polar surface area (TPSA) is 103 Å². The van der Waals surface area contributed by atoms with E-state index in [0.29, 0.717) is 17.5 Å². The minimum atomic E-state index is -0.517. The third-order valence-corrected chi connectivity index (χ3v) is 6.32. The third-order valence-electron chi connectivity index (χ3n) is 5.40. The first-order valence-corrected chi connectivity index (χ1v) is 12.5. The summed E-state index contributed by atoms with van der Waals surface area (Å²) in [6.45, 7) is 1.26. The van der Waals surface area contributed by atoms with E-state index in [1.54, 1.807) is 0 Å². The standard InChI is InChI=1S/C27H29N5O2S/c33-24(22-9-5-2-6-10-22)18-28-16-15-20-11-13-23(14-12-20)29-26(34)17-25-30-27(32-31-25)35-19-21-7-3-1-4-8-21/h1-14,24,28,33H,15-19H2,(H,29,34)(H,30,31,32)/t24-/m0/s1. The van der Waals surface area contributed by atoms with Crippen LogP contribution in [0.3, 0.4) is 0 Å². The Balaban J connectivity index is 1.16. The van der Waals surface area contributed by atoms with Gasteiger partial charge in [0.05, 0.1) is 12.5 Å². The van der Waals surface area contributed by atoms with Crippen molar-refractivity contribution in [1.29, 1.82) is 0 Å². The molecule has 0 unspecified atom stereocenters. The van der Waals surface area contributed by atoms with Gasteiger partial charge in [-0.25, -0.2) is 4.98 Å². The fraction of sp³-hybridized carbons (Fsp3) is 0.222. The zero-order valence-electron chi connectivity index (χ0n) is 19.4. The van der Waals surface area contributed by atoms with Gasteiger partial charge < -0.3 is 15.7 Å². The lowest BCUT2D eigenvalue weighted by atomic mass is 10.1. The lowest BCUT2D eigenvalue weighted by Crippen LogP contribution is -2.23. The first kappa shape index (κ1) is 24.7. The lowest BCUT2D eigenvalue weighted by molar-refractivity contribution is -0.115. The van der Waals surface area contributed by atoms with Crippen LogP contribution >= 0.6 is 11.8 Å². The van der Waals surface area contributed by atoms with Crippen LogP contribution in [-0.4, -0.2) is 39.3 Å². The molecule has 0 radical (unpaired) electrons. The Kier molecular flexibility index (Phi) is 9.05. The Morgan fingerprint density at radius 3 is 2.40 bits per heavy atom. The van der Waals surface area contributed by atoms with Crippen LogP contribution < -0.4 is 10.6 Å². The number of aromatic nitrogens is 3. The number of benzene rings is 3. The normalized spacial score (nSPS) is 11.8. The van der Waals surface area contributed by atoms with Gasteiger partial charge in [-0.05, 0) is 41.8 Å². The van der Waals surface area contributed by atoms with Gasteiger partial charge >= 0.3 is 0 Å². The molecule has 0 bridgehead atoms. The summed E-state index contributed by atoms with van der Waals surface area (Å²) in [5, 5.41) is 24.1. The van der Waals surface area contributed by atoms with Gasteiger partial charge in [0.1, 0.15) is 5.82 Å². The number of rotatable bonds is 12. The number of aromatic amines is 1. The number of nitrogens with one attached hydrogen (secondary N) is 3. The molecule has 1 aromatic heterocycles. The van der Waals surface area contributed by atoms with Gasteiger partial charge in [-0.1, -0.05) is 84.6 Å². The van der Waals surface area contributed by atoms with Gasteiger partial charge in [-0.2, -0.15) is 0 Å². The van der Waals surface area contributed by atoms with Crippen molar-refractivity contribution in [3.8, 4) is 0 Å². The number of thioether (sulfide) groups is 1. The van der Waals surface area contributed by atoms with E-state index < -0.39 is 6.10 Å². The van der Waals surface area contributed by atoms with Gasteiger partial charge in [-0.15, -0.1) is 5.10 Å². The Morgan fingerprint density at radius 1 is 0.943 bits per heavy atom. The fourth-order valence-corrected chi connectivity index (χ4v) is 4.29. The Labute approximate surface area is 209 Å². The molecule has 1 atom stereocenters. The van der Waals surface area contributed by atoms with Crippen LogP contribution in [-0.2, 0) is 23.4 Å². The highest BCUT2D eigenvalue weighted by molar-refractivity contribution is 7.98. The quantitative estimate of drug-likeness (QED) is 0.177. The van der Waals surface area contributed by atoms with E-state index in [1.165, 1.54) is 17.3 Å². The number of amides is 1. The number of hydrogen-bond donors (Lipinski definition) is 4. The molecular weight excluding hydrogens is 458 g/mol. The molecule has 35 heavy (non-hydrogen) atoms. The molecule has 1 heterocycles. The van der Waals surface area contributed by atoms with Gasteiger partial charge in [0.25, 0.3) is 0 Å². The zero-order valence-corrected chi connectivity index (χ0v) is 20.2. The minimum Gasteiger partial charge on any atom is -0.387 e. The lowest BCUT2D eigenvalue weighted by Gasteiger charge is -2.12. The summed E-state index contributed by atoms with van der Waals surface area (Å²) >= 11 is 1.53. The second kappa shape index (κ2) is 12.9. The molecule has 0 aliphatic rings. The molecule has 0 aliphatic heterocycles. The van der Waals surface area contributed by atoms with Crippen LogP contribution in [0.25, 0.3) is 0 Å². The van der Waals surface area contributed by atoms with E-state index in [1.807, 2.05) is 72.8 Å². The molecule has 1 amide bonds. The van der Waals surface area contributed by atoms with Crippen LogP contribution in [0.2, 0.25) is 0 Å². The maximum atomic E-state index is 12.4. The molecule has 0 fully saturated rings. The average Bonchev–Trinajstić information content (AvgIpc) is 3.34. The van der Waals surface area contributed by atoms with Gasteiger partial charge in [0.2, 0.25) is 11.1 Å². The summed E-state index contributed by atoms with van der Waals surface area (Å²) in [4.78, 5) is 16.8. The van der Waals surface area contributed by atoms with E-state index in [-0.39, 0.29) is 12.3 Å². The number of aliphatic hydroxyl groups excluding tert-OH is 1. The molecule has 0 saturated carbocycles. The van der Waals surface area contributed by atoms with E-state index in [0.717, 1.165) is 35.5 Å². The second-order valence-electron chi connectivity index (χ2n) is 8.14. The maximum absolute atomic E-state index is 12.4. The van der Waals surface area contributed by atoms with Crippen LogP contribution in [0, 0.1) is 0 Å². The van der Waals surface area contributed by atoms with Crippen molar-refractivity contribution in [2.24, 2.45) is 0 Å². The molecule has 4 N–H and O–H groups in total. The van der Waals surface area contributed by atoms with Crippen molar-refractivity contribution < 1.29 is 9.90 Å². The highest BCUT2D eigenvalue weighted by Crippen LogP contribution is 2.19. The summed E-state index contributed by atoms with van der Waals surface area (Å²) in [6.07, 6.45) is 0.447. The highest BCUT2D eigenvalue weighted by atomic mass is 32.2. The van der Waals surface area contributed by atoms with E-state index >= 15 is 0 Å². The third kappa shape index (κ3) is 8.06. The zero-order chi connectivity index (χ0) is 24.3. The molecule has 4 rings (SSSR count). The molecule has 0 saturated heterocycles. The predicted octanol–water partition coefficient (Wildman–Crippen LogP) is 4.14. The minimum absolute atomic E-state index is 0.133. The Morgan fingerprint density at radius 2 is 1.66 bits per heavy atom. The molecule has 4 aromatic rings. The number of aliphatic hydroxyl groups is 1.